The molecular weight excluding hydrogens is 261 g/mol. The number of carbonyl (C=O) groups excluding carboxylic acids is 1. The van der Waals surface area contributed by atoms with E-state index in [-0.39, 0.29) is 17.8 Å². The normalized spacial score (nSPS) is 10.5. The molecule has 0 atom stereocenters. The van der Waals surface area contributed by atoms with E-state index in [1.807, 2.05) is 13.8 Å². The highest BCUT2D eigenvalue weighted by molar-refractivity contribution is 9.10. The minimum atomic E-state index is -0.317. The lowest BCUT2D eigenvalue weighted by Crippen LogP contribution is -2.30. The molecule has 0 aliphatic carbocycles. The number of nitrogens with one attached hydrogen (secondary N) is 1. The third-order valence-electron chi connectivity index (χ3n) is 1.91. The molecule has 0 fully saturated rings. The van der Waals surface area contributed by atoms with Crippen LogP contribution in [0.25, 0.3) is 0 Å². The van der Waals surface area contributed by atoms with Crippen LogP contribution in [0.3, 0.4) is 0 Å². The van der Waals surface area contributed by atoms with Gasteiger partial charge in [-0.15, -0.1) is 0 Å². The Bertz CT molecular complexity index is 390. The lowest BCUT2D eigenvalue weighted by Gasteiger charge is -2.10. The number of amides is 1. The van der Waals surface area contributed by atoms with E-state index in [0.29, 0.717) is 15.6 Å². The van der Waals surface area contributed by atoms with Gasteiger partial charge in [-0.25, -0.2) is 4.39 Å². The molecule has 82 valence electrons. The van der Waals surface area contributed by atoms with Gasteiger partial charge in [-0.3, -0.25) is 4.79 Å². The Hall–Kier alpha value is -0.900. The second kappa shape index (κ2) is 4.75. The van der Waals surface area contributed by atoms with Crippen molar-refractivity contribution in [2.45, 2.75) is 26.8 Å². The van der Waals surface area contributed by atoms with Gasteiger partial charge in [-0.1, -0.05) is 0 Å². The standard InChI is InChI=1S/C11H13BrFNO/c1-6(2)14-11(15)8-4-7(3)10(13)5-9(8)12/h4-6H,1-3H3,(H,14,15). The number of halogens is 2. The van der Waals surface area contributed by atoms with Gasteiger partial charge in [0.25, 0.3) is 5.91 Å². The molecule has 1 aromatic rings. The maximum Gasteiger partial charge on any atom is 0.252 e. The van der Waals surface area contributed by atoms with Gasteiger partial charge >= 0.3 is 0 Å². The van der Waals surface area contributed by atoms with Crippen molar-refractivity contribution in [2.24, 2.45) is 0 Å². The van der Waals surface area contributed by atoms with E-state index in [0.717, 1.165) is 0 Å². The van der Waals surface area contributed by atoms with Gasteiger partial charge in [-0.05, 0) is 54.4 Å². The van der Waals surface area contributed by atoms with E-state index < -0.39 is 0 Å². The summed E-state index contributed by atoms with van der Waals surface area (Å²) in [6.45, 7) is 5.39. The van der Waals surface area contributed by atoms with Crippen molar-refractivity contribution in [1.29, 1.82) is 0 Å². The first-order valence-electron chi connectivity index (χ1n) is 4.68. The fourth-order valence-corrected chi connectivity index (χ4v) is 1.67. The molecule has 4 heteroatoms. The molecule has 1 N–H and O–H groups in total. The van der Waals surface area contributed by atoms with Crippen molar-refractivity contribution < 1.29 is 9.18 Å². The van der Waals surface area contributed by atoms with Crippen molar-refractivity contribution in [3.8, 4) is 0 Å². The maximum absolute atomic E-state index is 13.1. The summed E-state index contributed by atoms with van der Waals surface area (Å²) >= 11 is 3.17. The first-order chi connectivity index (χ1) is 6.91. The zero-order valence-electron chi connectivity index (χ0n) is 8.90. The van der Waals surface area contributed by atoms with Crippen LogP contribution < -0.4 is 5.32 Å². The third kappa shape index (κ3) is 3.02. The van der Waals surface area contributed by atoms with Crippen molar-refractivity contribution in [1.82, 2.24) is 5.32 Å². The van der Waals surface area contributed by atoms with E-state index in [1.165, 1.54) is 12.1 Å². The quantitative estimate of drug-likeness (QED) is 0.882. The van der Waals surface area contributed by atoms with Gasteiger partial charge in [0.05, 0.1) is 5.56 Å². The number of aryl methyl sites for hydroxylation is 1. The van der Waals surface area contributed by atoms with E-state index in [1.54, 1.807) is 6.92 Å². The number of hydrogen-bond acceptors (Lipinski definition) is 1. The van der Waals surface area contributed by atoms with Crippen LogP contribution in [-0.4, -0.2) is 11.9 Å². The molecule has 0 saturated heterocycles. The monoisotopic (exact) mass is 273 g/mol. The zero-order chi connectivity index (χ0) is 11.6. The predicted molar refractivity (Wildman–Crippen MR) is 61.4 cm³/mol. The highest BCUT2D eigenvalue weighted by Crippen LogP contribution is 2.20. The molecule has 0 aromatic heterocycles. The first kappa shape index (κ1) is 12.2. The van der Waals surface area contributed by atoms with Gasteiger partial charge in [-0.2, -0.15) is 0 Å². The van der Waals surface area contributed by atoms with Crippen molar-refractivity contribution in [3.05, 3.63) is 33.5 Å². The van der Waals surface area contributed by atoms with E-state index in [2.05, 4.69) is 21.2 Å². The molecule has 1 amide bonds. The molecule has 0 aliphatic heterocycles. The van der Waals surface area contributed by atoms with E-state index in [4.69, 9.17) is 0 Å². The molecular formula is C11H13BrFNO. The van der Waals surface area contributed by atoms with Gasteiger partial charge in [0, 0.05) is 10.5 Å². The van der Waals surface area contributed by atoms with Crippen LogP contribution in [0.4, 0.5) is 4.39 Å². The number of carbonyl (C=O) groups is 1. The Kier molecular flexibility index (Phi) is 3.85. The van der Waals surface area contributed by atoms with Crippen LogP contribution in [0.15, 0.2) is 16.6 Å². The minimum absolute atomic E-state index is 0.0646. The summed E-state index contributed by atoms with van der Waals surface area (Å²) in [5, 5.41) is 2.76. The van der Waals surface area contributed by atoms with Crippen LogP contribution in [0.5, 0.6) is 0 Å². The van der Waals surface area contributed by atoms with Crippen LogP contribution >= 0.6 is 15.9 Å². The average Bonchev–Trinajstić information content (AvgIpc) is 2.09. The fourth-order valence-electron chi connectivity index (χ4n) is 1.17. The SMILES string of the molecule is Cc1cc(C(=O)NC(C)C)c(Br)cc1F. The Morgan fingerprint density at radius 2 is 2.07 bits per heavy atom. The van der Waals surface area contributed by atoms with E-state index >= 15 is 0 Å². The maximum atomic E-state index is 13.1. The predicted octanol–water partition coefficient (Wildman–Crippen LogP) is 3.03. The van der Waals surface area contributed by atoms with Gasteiger partial charge in [0.15, 0.2) is 0 Å². The van der Waals surface area contributed by atoms with Crippen molar-refractivity contribution in [2.75, 3.05) is 0 Å². The Balaban J connectivity index is 3.04. The largest absolute Gasteiger partial charge is 0.350 e. The Morgan fingerprint density at radius 3 is 2.60 bits per heavy atom. The molecule has 15 heavy (non-hydrogen) atoms. The second-order valence-electron chi connectivity index (χ2n) is 3.71. The lowest BCUT2D eigenvalue weighted by molar-refractivity contribution is 0.0942. The fraction of sp³-hybridized carbons (Fsp3) is 0.364. The average molecular weight is 274 g/mol. The van der Waals surface area contributed by atoms with Crippen LogP contribution in [0.2, 0.25) is 0 Å². The van der Waals surface area contributed by atoms with Crippen LogP contribution in [0.1, 0.15) is 29.8 Å². The Morgan fingerprint density at radius 1 is 1.47 bits per heavy atom. The molecule has 0 unspecified atom stereocenters. The minimum Gasteiger partial charge on any atom is -0.350 e. The summed E-state index contributed by atoms with van der Waals surface area (Å²) in [5.74, 6) is -0.511. The topological polar surface area (TPSA) is 29.1 Å². The van der Waals surface area contributed by atoms with Gasteiger partial charge < -0.3 is 5.32 Å². The first-order valence-corrected chi connectivity index (χ1v) is 5.47. The van der Waals surface area contributed by atoms with Gasteiger partial charge in [0.1, 0.15) is 5.82 Å². The molecule has 0 saturated carbocycles. The lowest BCUT2D eigenvalue weighted by atomic mass is 10.1. The number of rotatable bonds is 2. The summed E-state index contributed by atoms with van der Waals surface area (Å²) in [7, 11) is 0. The van der Waals surface area contributed by atoms with Crippen LogP contribution in [0, 0.1) is 12.7 Å². The highest BCUT2D eigenvalue weighted by Gasteiger charge is 2.13. The zero-order valence-corrected chi connectivity index (χ0v) is 10.5. The molecule has 0 spiro atoms. The molecule has 1 rings (SSSR count). The molecule has 0 bridgehead atoms. The number of benzene rings is 1. The summed E-state index contributed by atoms with van der Waals surface area (Å²) in [5.41, 5.74) is 0.926. The summed E-state index contributed by atoms with van der Waals surface area (Å²) in [4.78, 5) is 11.7. The Labute approximate surface area is 97.0 Å². The number of hydrogen-bond donors (Lipinski definition) is 1. The smallest absolute Gasteiger partial charge is 0.252 e. The highest BCUT2D eigenvalue weighted by atomic mass is 79.9. The second-order valence-corrected chi connectivity index (χ2v) is 4.56. The summed E-state index contributed by atoms with van der Waals surface area (Å²) in [6.07, 6.45) is 0. The molecule has 0 aliphatic rings. The van der Waals surface area contributed by atoms with Crippen LogP contribution in [-0.2, 0) is 0 Å². The van der Waals surface area contributed by atoms with Crippen molar-refractivity contribution in [3.63, 3.8) is 0 Å². The van der Waals surface area contributed by atoms with Gasteiger partial charge in [0.2, 0.25) is 0 Å². The molecule has 1 aromatic carbocycles. The van der Waals surface area contributed by atoms with Crippen molar-refractivity contribution >= 4 is 21.8 Å². The van der Waals surface area contributed by atoms with E-state index in [9.17, 15) is 9.18 Å². The summed E-state index contributed by atoms with van der Waals surface area (Å²) < 4.78 is 13.6. The molecule has 0 radical (unpaired) electrons. The molecule has 2 nitrogen and oxygen atoms in total. The summed E-state index contributed by atoms with van der Waals surface area (Å²) in [6, 6.07) is 2.91. The third-order valence-corrected chi connectivity index (χ3v) is 2.57. The molecule has 0 heterocycles.